The minimum absolute atomic E-state index is 0.211. The molecule has 3 N–H and O–H groups in total. The first-order chi connectivity index (χ1) is 14.0. The summed E-state index contributed by atoms with van der Waals surface area (Å²) >= 11 is 0. The summed E-state index contributed by atoms with van der Waals surface area (Å²) in [7, 11) is 0. The molecule has 0 saturated carbocycles. The number of hydrogen-bond donors (Lipinski definition) is 2. The molecule has 3 amide bonds. The topological polar surface area (TPSA) is 109 Å². The lowest BCUT2D eigenvalue weighted by molar-refractivity contribution is -0.132. The molecule has 0 spiro atoms. The van der Waals surface area contributed by atoms with E-state index in [1.54, 1.807) is 18.3 Å². The maximum absolute atomic E-state index is 13.2. The number of carbonyl (C=O) groups is 3. The van der Waals surface area contributed by atoms with Gasteiger partial charge in [0, 0.05) is 44.1 Å². The van der Waals surface area contributed by atoms with Crippen LogP contribution in [0.25, 0.3) is 0 Å². The fourth-order valence-corrected chi connectivity index (χ4v) is 3.23. The van der Waals surface area contributed by atoms with Crippen LogP contribution in [-0.4, -0.2) is 64.9 Å². The number of aromatic nitrogens is 1. The third-order valence-corrected chi connectivity index (χ3v) is 4.59. The van der Waals surface area contributed by atoms with Crippen molar-refractivity contribution in [1.29, 1.82) is 0 Å². The average molecular weight is 399 g/mol. The molecule has 8 nitrogen and oxygen atoms in total. The highest BCUT2D eigenvalue weighted by Crippen LogP contribution is 2.21. The molecule has 0 aliphatic carbocycles. The van der Waals surface area contributed by atoms with Gasteiger partial charge in [0.15, 0.2) is 6.17 Å². The second kappa shape index (κ2) is 9.24. The average Bonchev–Trinajstić information content (AvgIpc) is 2.77. The van der Waals surface area contributed by atoms with Gasteiger partial charge in [-0.05, 0) is 42.8 Å². The lowest BCUT2D eigenvalue weighted by atomic mass is 10.1. The van der Waals surface area contributed by atoms with Crippen LogP contribution in [0.1, 0.15) is 27.1 Å². The molecule has 0 bridgehead atoms. The van der Waals surface area contributed by atoms with Crippen molar-refractivity contribution in [2.75, 3.05) is 26.2 Å². The van der Waals surface area contributed by atoms with Gasteiger partial charge in [0.1, 0.15) is 5.82 Å². The standard InChI is InChI=1S/C20H22FN5O3/c21-16-6-4-14(5-7-16)19(28)25-11-2-12-26(18(25)17(27)24-10-8-22)20(29)15-3-1-9-23-13-15/h1,3-7,9,13,18H,2,8,10-12,22H2,(H,24,27). The molecule has 1 aliphatic rings. The van der Waals surface area contributed by atoms with Crippen LogP contribution >= 0.6 is 0 Å². The molecule has 2 heterocycles. The number of halogens is 1. The summed E-state index contributed by atoms with van der Waals surface area (Å²) in [6.45, 7) is 1.03. The molecule has 3 rings (SSSR count). The molecule has 29 heavy (non-hydrogen) atoms. The van der Waals surface area contributed by atoms with Gasteiger partial charge < -0.3 is 20.9 Å². The highest BCUT2D eigenvalue weighted by Gasteiger charge is 2.40. The van der Waals surface area contributed by atoms with Crippen LogP contribution in [0.4, 0.5) is 4.39 Å². The Balaban J connectivity index is 1.93. The van der Waals surface area contributed by atoms with E-state index in [-0.39, 0.29) is 25.2 Å². The van der Waals surface area contributed by atoms with Gasteiger partial charge >= 0.3 is 0 Å². The number of carbonyl (C=O) groups excluding carboxylic acids is 3. The summed E-state index contributed by atoms with van der Waals surface area (Å²) in [6, 6.07) is 8.30. The van der Waals surface area contributed by atoms with Crippen molar-refractivity contribution in [1.82, 2.24) is 20.1 Å². The summed E-state index contributed by atoms with van der Waals surface area (Å²) in [6.07, 6.45) is 2.32. The van der Waals surface area contributed by atoms with Gasteiger partial charge in [-0.25, -0.2) is 4.39 Å². The predicted molar refractivity (Wildman–Crippen MR) is 103 cm³/mol. The van der Waals surface area contributed by atoms with Gasteiger partial charge in [0.05, 0.1) is 5.56 Å². The highest BCUT2D eigenvalue weighted by atomic mass is 19.1. The molecule has 1 saturated heterocycles. The van der Waals surface area contributed by atoms with E-state index in [2.05, 4.69) is 10.3 Å². The van der Waals surface area contributed by atoms with Crippen LogP contribution in [0.3, 0.4) is 0 Å². The molecule has 1 fully saturated rings. The normalized spacial score (nSPS) is 16.4. The quantitative estimate of drug-likeness (QED) is 0.766. The molecule has 0 radical (unpaired) electrons. The molecule has 1 aromatic carbocycles. The third kappa shape index (κ3) is 4.57. The maximum Gasteiger partial charge on any atom is 0.263 e. The van der Waals surface area contributed by atoms with E-state index in [9.17, 15) is 18.8 Å². The summed E-state index contributed by atoms with van der Waals surface area (Å²) in [4.78, 5) is 45.6. The van der Waals surface area contributed by atoms with Gasteiger partial charge in [-0.2, -0.15) is 0 Å². The first kappa shape index (κ1) is 20.4. The maximum atomic E-state index is 13.2. The second-order valence-electron chi connectivity index (χ2n) is 6.55. The van der Waals surface area contributed by atoms with E-state index in [1.165, 1.54) is 40.3 Å². The number of nitrogens with two attached hydrogens (primary N) is 1. The Morgan fingerprint density at radius 3 is 2.31 bits per heavy atom. The fourth-order valence-electron chi connectivity index (χ4n) is 3.23. The van der Waals surface area contributed by atoms with Crippen LogP contribution in [0.15, 0.2) is 48.8 Å². The van der Waals surface area contributed by atoms with E-state index in [4.69, 9.17) is 5.73 Å². The SMILES string of the molecule is NCCNC(=O)C1N(C(=O)c2ccc(F)cc2)CCCN1C(=O)c1cccnc1. The number of benzene rings is 1. The van der Waals surface area contributed by atoms with Gasteiger partial charge in [-0.3, -0.25) is 19.4 Å². The first-order valence-corrected chi connectivity index (χ1v) is 9.28. The second-order valence-corrected chi connectivity index (χ2v) is 6.55. The number of rotatable bonds is 5. The van der Waals surface area contributed by atoms with Gasteiger partial charge in [0.2, 0.25) is 0 Å². The van der Waals surface area contributed by atoms with E-state index >= 15 is 0 Å². The number of hydrogen-bond acceptors (Lipinski definition) is 5. The van der Waals surface area contributed by atoms with Crippen LogP contribution in [0.5, 0.6) is 0 Å². The summed E-state index contributed by atoms with van der Waals surface area (Å²) in [5.74, 6) is -1.82. The number of amides is 3. The fraction of sp³-hybridized carbons (Fsp3) is 0.300. The lowest BCUT2D eigenvalue weighted by Gasteiger charge is -2.42. The predicted octanol–water partition coefficient (Wildman–Crippen LogP) is 0.610. The van der Waals surface area contributed by atoms with Crippen LogP contribution in [-0.2, 0) is 4.79 Å². The van der Waals surface area contributed by atoms with Gasteiger partial charge in [-0.1, -0.05) is 0 Å². The molecular weight excluding hydrogens is 377 g/mol. The molecule has 1 aliphatic heterocycles. The zero-order chi connectivity index (χ0) is 20.8. The third-order valence-electron chi connectivity index (χ3n) is 4.59. The van der Waals surface area contributed by atoms with Crippen molar-refractivity contribution in [3.63, 3.8) is 0 Å². The Morgan fingerprint density at radius 2 is 1.72 bits per heavy atom. The Bertz CT molecular complexity index is 875. The molecule has 1 unspecified atom stereocenters. The summed E-state index contributed by atoms with van der Waals surface area (Å²) in [5, 5.41) is 2.66. The van der Waals surface area contributed by atoms with Crippen molar-refractivity contribution >= 4 is 17.7 Å². The van der Waals surface area contributed by atoms with Gasteiger partial charge in [-0.15, -0.1) is 0 Å². The zero-order valence-corrected chi connectivity index (χ0v) is 15.8. The smallest absolute Gasteiger partial charge is 0.263 e. The molecule has 1 atom stereocenters. The number of pyridine rings is 1. The minimum Gasteiger partial charge on any atom is -0.351 e. The molecular formula is C20H22FN5O3. The minimum atomic E-state index is -1.14. The van der Waals surface area contributed by atoms with Crippen molar-refractivity contribution in [3.05, 3.63) is 65.7 Å². The van der Waals surface area contributed by atoms with Crippen LogP contribution < -0.4 is 11.1 Å². The van der Waals surface area contributed by atoms with E-state index < -0.39 is 29.7 Å². The largest absolute Gasteiger partial charge is 0.351 e. The number of nitrogens with zero attached hydrogens (tertiary/aromatic N) is 3. The Hall–Kier alpha value is -3.33. The number of nitrogens with one attached hydrogen (secondary N) is 1. The summed E-state index contributed by atoms with van der Waals surface area (Å²) < 4.78 is 13.2. The molecule has 9 heteroatoms. The van der Waals surface area contributed by atoms with Crippen LogP contribution in [0, 0.1) is 5.82 Å². The van der Waals surface area contributed by atoms with E-state index in [0.29, 0.717) is 18.5 Å². The monoisotopic (exact) mass is 399 g/mol. The van der Waals surface area contributed by atoms with Gasteiger partial charge in [0.25, 0.3) is 17.7 Å². The Kier molecular flexibility index (Phi) is 6.50. The zero-order valence-electron chi connectivity index (χ0n) is 15.8. The van der Waals surface area contributed by atoms with Crippen molar-refractivity contribution in [2.45, 2.75) is 12.6 Å². The van der Waals surface area contributed by atoms with Crippen molar-refractivity contribution < 1.29 is 18.8 Å². The highest BCUT2D eigenvalue weighted by molar-refractivity contribution is 6.01. The van der Waals surface area contributed by atoms with Crippen molar-refractivity contribution in [2.24, 2.45) is 5.73 Å². The van der Waals surface area contributed by atoms with E-state index in [0.717, 1.165) is 0 Å². The van der Waals surface area contributed by atoms with Crippen molar-refractivity contribution in [3.8, 4) is 0 Å². The molecule has 152 valence electrons. The summed E-state index contributed by atoms with van der Waals surface area (Å²) in [5.41, 5.74) is 6.03. The lowest BCUT2D eigenvalue weighted by Crippen LogP contribution is -2.63. The molecule has 2 aromatic rings. The van der Waals surface area contributed by atoms with Crippen LogP contribution in [0.2, 0.25) is 0 Å². The molecule has 1 aromatic heterocycles. The van der Waals surface area contributed by atoms with E-state index in [1.807, 2.05) is 0 Å². The first-order valence-electron chi connectivity index (χ1n) is 9.28. The Labute approximate surface area is 167 Å². The Morgan fingerprint density at radius 1 is 1.07 bits per heavy atom.